The normalized spacial score (nSPS) is 57.0. The van der Waals surface area contributed by atoms with Gasteiger partial charge >= 0.3 is 5.97 Å². The highest BCUT2D eigenvalue weighted by Crippen LogP contribution is 2.89. The van der Waals surface area contributed by atoms with E-state index >= 15 is 0 Å². The van der Waals surface area contributed by atoms with Crippen molar-refractivity contribution in [3.63, 3.8) is 0 Å². The maximum absolute atomic E-state index is 12.4. The van der Waals surface area contributed by atoms with Crippen molar-refractivity contribution in [1.82, 2.24) is 0 Å². The van der Waals surface area contributed by atoms with E-state index in [1.165, 1.54) is 13.3 Å². The summed E-state index contributed by atoms with van der Waals surface area (Å²) in [5, 5.41) is 53.2. The molecule has 45 heavy (non-hydrogen) atoms. The van der Waals surface area contributed by atoms with E-state index in [-0.39, 0.29) is 64.3 Å². The second-order valence-corrected chi connectivity index (χ2v) is 17.3. The summed E-state index contributed by atoms with van der Waals surface area (Å²) < 4.78 is 24.2. The second kappa shape index (κ2) is 10.6. The Morgan fingerprint density at radius 2 is 1.64 bits per heavy atom. The first-order chi connectivity index (χ1) is 21.1. The minimum atomic E-state index is -1.29. The fraction of sp³-hybridized carbons (Fsp3) is 0.971. The zero-order valence-corrected chi connectivity index (χ0v) is 27.9. The molecule has 0 aromatic rings. The molecule has 0 bridgehead atoms. The number of carbonyl (C=O) groups is 1. The predicted octanol–water partition coefficient (Wildman–Crippen LogP) is 2.55. The molecule has 3 unspecified atom stereocenters. The van der Waals surface area contributed by atoms with Crippen molar-refractivity contribution in [2.75, 3.05) is 13.2 Å². The number of fused-ring (bicyclic) bond motifs is 4. The highest BCUT2D eigenvalue weighted by atomic mass is 16.7. The Bertz CT molecular complexity index is 1180. The summed E-state index contributed by atoms with van der Waals surface area (Å²) in [6.07, 6.45) is 0.987. The molecule has 10 nitrogen and oxygen atoms in total. The highest BCUT2D eigenvalue weighted by Gasteiger charge is 2.84. The molecule has 10 heteroatoms. The number of hydrogen-bond donors (Lipinski definition) is 5. The van der Waals surface area contributed by atoms with E-state index in [9.17, 15) is 30.3 Å². The third kappa shape index (κ3) is 4.18. The molecule has 7 aliphatic rings. The van der Waals surface area contributed by atoms with Gasteiger partial charge in [-0.25, -0.2) is 0 Å². The Kier molecular flexibility index (Phi) is 7.68. The lowest BCUT2D eigenvalue weighted by molar-refractivity contribution is -0.303. The van der Waals surface area contributed by atoms with Gasteiger partial charge in [0.05, 0.1) is 37.6 Å². The molecular weight excluding hydrogens is 580 g/mol. The number of aliphatic hydroxyl groups is 5. The Morgan fingerprint density at radius 1 is 0.956 bits per heavy atom. The van der Waals surface area contributed by atoms with Gasteiger partial charge in [-0.2, -0.15) is 0 Å². The van der Waals surface area contributed by atoms with Gasteiger partial charge in [0.25, 0.3) is 0 Å². The Balaban J connectivity index is 1.14. The van der Waals surface area contributed by atoms with Crippen molar-refractivity contribution in [3.8, 4) is 0 Å². The SMILES string of the molecule is CC(=O)O[C@H](CO)[C@H]1C[C@@H](C)C2C(O1)[C@H](O)[C@@]1(C)[C@@H]3CC[C@H]4C(C)(C)[C@@H](OC5OC[C@@H](O)[C@H](O)[C@H]5O)CC[C@@]45C[C@@]35CC[C@]21C. The second-order valence-electron chi connectivity index (χ2n) is 17.3. The van der Waals surface area contributed by atoms with E-state index in [2.05, 4.69) is 34.6 Å². The summed E-state index contributed by atoms with van der Waals surface area (Å²) in [7, 11) is 0. The third-order valence-electron chi connectivity index (χ3n) is 15.4. The average Bonchev–Trinajstić information content (AvgIpc) is 3.61. The molecule has 0 radical (unpaired) electrons. The van der Waals surface area contributed by atoms with Gasteiger partial charge in [0.15, 0.2) is 12.4 Å². The van der Waals surface area contributed by atoms with Crippen molar-refractivity contribution in [2.24, 2.45) is 50.7 Å². The van der Waals surface area contributed by atoms with Gasteiger partial charge in [-0.15, -0.1) is 0 Å². The molecule has 256 valence electrons. The van der Waals surface area contributed by atoms with Crippen LogP contribution in [0.3, 0.4) is 0 Å². The fourth-order valence-corrected chi connectivity index (χ4v) is 13.3. The van der Waals surface area contributed by atoms with Gasteiger partial charge in [-0.1, -0.05) is 34.6 Å². The summed E-state index contributed by atoms with van der Waals surface area (Å²) in [6, 6.07) is 0. The first kappa shape index (κ1) is 32.7. The molecule has 7 fully saturated rings. The number of ether oxygens (including phenoxy) is 4. The standard InChI is InChI=1S/C35H56O10/c1-17-13-20(21(14-36)43-18(2)37)44-28-25(17)32(5)11-12-35-16-34(35)10-9-24(45-30-27(40)26(39)19(38)15-42-30)31(3,4)22(34)7-8-23(35)33(32,6)29(28)41/h17,19-30,36,38-41H,7-16H2,1-6H3/t17-,19-,20-,21-,22+,23+,24+,25?,26+,27-,28?,29+,30?,32-,33-,34-,35+/m1/s1. The molecule has 5 saturated carbocycles. The van der Waals surface area contributed by atoms with Crippen LogP contribution in [0.5, 0.6) is 0 Å². The Hall–Kier alpha value is -0.850. The molecule has 2 saturated heterocycles. The summed E-state index contributed by atoms with van der Waals surface area (Å²) in [5.41, 5.74) is -0.258. The zero-order valence-electron chi connectivity index (χ0n) is 27.9. The maximum Gasteiger partial charge on any atom is 0.303 e. The van der Waals surface area contributed by atoms with Gasteiger partial charge in [-0.05, 0) is 96.7 Å². The van der Waals surface area contributed by atoms with Crippen LogP contribution in [0.2, 0.25) is 0 Å². The lowest BCUT2D eigenvalue weighted by Crippen LogP contribution is -2.61. The molecule has 5 aliphatic carbocycles. The van der Waals surface area contributed by atoms with Crippen LogP contribution in [-0.2, 0) is 23.7 Å². The van der Waals surface area contributed by atoms with E-state index in [4.69, 9.17) is 18.9 Å². The van der Waals surface area contributed by atoms with Crippen LogP contribution in [0, 0.1) is 50.7 Å². The van der Waals surface area contributed by atoms with Crippen LogP contribution < -0.4 is 0 Å². The van der Waals surface area contributed by atoms with Crippen LogP contribution in [0.1, 0.15) is 92.9 Å². The van der Waals surface area contributed by atoms with Crippen LogP contribution in [0.4, 0.5) is 0 Å². The molecule has 2 heterocycles. The van der Waals surface area contributed by atoms with Gasteiger partial charge in [0.2, 0.25) is 0 Å². The monoisotopic (exact) mass is 636 g/mol. The lowest BCUT2D eigenvalue weighted by atomic mass is 9.41. The van der Waals surface area contributed by atoms with E-state index in [0.717, 1.165) is 38.5 Å². The van der Waals surface area contributed by atoms with Crippen LogP contribution >= 0.6 is 0 Å². The van der Waals surface area contributed by atoms with E-state index < -0.39 is 48.9 Å². The van der Waals surface area contributed by atoms with Crippen molar-refractivity contribution in [1.29, 1.82) is 0 Å². The number of rotatable bonds is 5. The number of aliphatic hydroxyl groups excluding tert-OH is 5. The molecular formula is C35H56O10. The Labute approximate surface area is 267 Å². The van der Waals surface area contributed by atoms with Crippen LogP contribution in [0.25, 0.3) is 0 Å². The van der Waals surface area contributed by atoms with E-state index in [1.54, 1.807) is 0 Å². The minimum absolute atomic E-state index is 0.0661. The number of hydrogen-bond acceptors (Lipinski definition) is 10. The number of carbonyl (C=O) groups excluding carboxylic acids is 1. The molecule has 0 aromatic heterocycles. The molecule has 2 aliphatic heterocycles. The largest absolute Gasteiger partial charge is 0.457 e. The molecule has 0 amide bonds. The summed E-state index contributed by atoms with van der Waals surface area (Å²) in [6.45, 7) is 12.6. The molecule has 5 N–H and O–H groups in total. The smallest absolute Gasteiger partial charge is 0.303 e. The molecule has 17 atom stereocenters. The van der Waals surface area contributed by atoms with Gasteiger partial charge in [0, 0.05) is 12.3 Å². The zero-order chi connectivity index (χ0) is 32.5. The first-order valence-electron chi connectivity index (χ1n) is 17.5. The third-order valence-corrected chi connectivity index (χ3v) is 15.4. The van der Waals surface area contributed by atoms with Crippen LogP contribution in [-0.4, -0.2) is 99.8 Å². The minimum Gasteiger partial charge on any atom is -0.457 e. The average molecular weight is 637 g/mol. The quantitative estimate of drug-likeness (QED) is 0.225. The molecule has 7 rings (SSSR count). The predicted molar refractivity (Wildman–Crippen MR) is 161 cm³/mol. The van der Waals surface area contributed by atoms with Gasteiger partial charge in [-0.3, -0.25) is 4.79 Å². The summed E-state index contributed by atoms with van der Waals surface area (Å²) in [4.78, 5) is 11.8. The summed E-state index contributed by atoms with van der Waals surface area (Å²) in [5.74, 6) is 0.795. The fourth-order valence-electron chi connectivity index (χ4n) is 13.3. The molecule has 0 aromatic carbocycles. The van der Waals surface area contributed by atoms with Gasteiger partial charge < -0.3 is 44.5 Å². The van der Waals surface area contributed by atoms with Crippen molar-refractivity contribution in [2.45, 2.75) is 148 Å². The summed E-state index contributed by atoms with van der Waals surface area (Å²) >= 11 is 0. The topological polar surface area (TPSA) is 155 Å². The maximum atomic E-state index is 12.4. The lowest BCUT2D eigenvalue weighted by Gasteiger charge is -2.64. The van der Waals surface area contributed by atoms with Crippen LogP contribution in [0.15, 0.2) is 0 Å². The number of esters is 1. The Morgan fingerprint density at radius 3 is 2.33 bits per heavy atom. The van der Waals surface area contributed by atoms with E-state index in [0.29, 0.717) is 18.3 Å². The van der Waals surface area contributed by atoms with Crippen molar-refractivity contribution < 1.29 is 49.3 Å². The first-order valence-corrected chi connectivity index (χ1v) is 17.5. The van der Waals surface area contributed by atoms with Crippen molar-refractivity contribution in [3.05, 3.63) is 0 Å². The highest BCUT2D eigenvalue weighted by molar-refractivity contribution is 5.66. The molecule has 2 spiro atoms. The van der Waals surface area contributed by atoms with Crippen molar-refractivity contribution >= 4 is 5.97 Å². The van der Waals surface area contributed by atoms with Gasteiger partial charge in [0.1, 0.15) is 18.3 Å². The van der Waals surface area contributed by atoms with E-state index in [1.807, 2.05) is 0 Å².